The normalized spacial score (nSPS) is 14.7. The molecule has 1 aliphatic rings. The van der Waals surface area contributed by atoms with Gasteiger partial charge in [0.05, 0.1) is 26.1 Å². The zero-order valence-corrected chi connectivity index (χ0v) is 13.5. The molecular weight excluding hydrogens is 318 g/mol. The number of rotatable bonds is 5. The average molecular weight is 335 g/mol. The maximum Gasteiger partial charge on any atom is 0.233 e. The Bertz CT molecular complexity index is 672. The number of hydrogen-bond acceptors (Lipinski definition) is 7. The Kier molecular flexibility index (Phi) is 5.09. The summed E-state index contributed by atoms with van der Waals surface area (Å²) >= 11 is 1.31. The van der Waals surface area contributed by atoms with Crippen molar-refractivity contribution in [3.05, 3.63) is 24.3 Å². The Hall–Kier alpha value is -2.13. The number of methoxy groups -OCH3 is 1. The Balaban J connectivity index is 1.70. The highest BCUT2D eigenvalue weighted by atomic mass is 32.2. The minimum atomic E-state index is 0.0628. The third kappa shape index (κ3) is 3.62. The number of thioether (sulfide) groups is 1. The Morgan fingerprint density at radius 3 is 2.91 bits per heavy atom. The SMILES string of the molecule is COc1ccccc1-n1nnnc1SCC(=O)N1CCOCC1. The first-order valence-corrected chi connectivity index (χ1v) is 8.18. The molecule has 0 N–H and O–H groups in total. The number of carbonyl (C=O) groups excluding carboxylic acids is 1. The van der Waals surface area contributed by atoms with Gasteiger partial charge < -0.3 is 14.4 Å². The fourth-order valence-corrected chi connectivity index (χ4v) is 3.04. The molecule has 1 amide bonds. The number of aromatic nitrogens is 4. The Labute approximate surface area is 137 Å². The number of carbonyl (C=O) groups is 1. The van der Waals surface area contributed by atoms with Crippen LogP contribution in [0, 0.1) is 0 Å². The minimum absolute atomic E-state index is 0.0628. The molecule has 0 atom stereocenters. The molecule has 0 spiro atoms. The number of tetrazole rings is 1. The van der Waals surface area contributed by atoms with Crippen LogP contribution in [0.4, 0.5) is 0 Å². The molecule has 23 heavy (non-hydrogen) atoms. The van der Waals surface area contributed by atoms with Crippen LogP contribution >= 0.6 is 11.8 Å². The van der Waals surface area contributed by atoms with E-state index < -0.39 is 0 Å². The van der Waals surface area contributed by atoms with Crippen LogP contribution in [0.15, 0.2) is 29.4 Å². The molecule has 1 fully saturated rings. The molecule has 1 aromatic heterocycles. The third-order valence-electron chi connectivity index (χ3n) is 3.44. The van der Waals surface area contributed by atoms with Crippen molar-refractivity contribution in [1.29, 1.82) is 0 Å². The van der Waals surface area contributed by atoms with E-state index >= 15 is 0 Å². The number of para-hydroxylation sites is 2. The van der Waals surface area contributed by atoms with Crippen molar-refractivity contribution in [2.24, 2.45) is 0 Å². The summed E-state index contributed by atoms with van der Waals surface area (Å²) in [5.41, 5.74) is 0.737. The van der Waals surface area contributed by atoms with Crippen molar-refractivity contribution < 1.29 is 14.3 Å². The highest BCUT2D eigenvalue weighted by Crippen LogP contribution is 2.25. The van der Waals surface area contributed by atoms with E-state index in [2.05, 4.69) is 15.5 Å². The maximum absolute atomic E-state index is 12.2. The molecule has 8 nitrogen and oxygen atoms in total. The van der Waals surface area contributed by atoms with Crippen LogP contribution < -0.4 is 4.74 Å². The lowest BCUT2D eigenvalue weighted by molar-refractivity contribution is -0.132. The van der Waals surface area contributed by atoms with Crippen molar-refractivity contribution >= 4 is 17.7 Å². The van der Waals surface area contributed by atoms with Gasteiger partial charge in [0.15, 0.2) is 0 Å². The van der Waals surface area contributed by atoms with Gasteiger partial charge in [-0.3, -0.25) is 4.79 Å². The molecule has 1 saturated heterocycles. The molecule has 9 heteroatoms. The van der Waals surface area contributed by atoms with Crippen LogP contribution in [0.2, 0.25) is 0 Å². The van der Waals surface area contributed by atoms with Crippen molar-refractivity contribution in [1.82, 2.24) is 25.1 Å². The molecule has 122 valence electrons. The topological polar surface area (TPSA) is 82.4 Å². The molecule has 1 aliphatic heterocycles. The first-order valence-electron chi connectivity index (χ1n) is 7.19. The van der Waals surface area contributed by atoms with E-state index in [1.807, 2.05) is 24.3 Å². The van der Waals surface area contributed by atoms with Gasteiger partial charge in [-0.15, -0.1) is 5.10 Å². The molecule has 0 aliphatic carbocycles. The Morgan fingerprint density at radius 2 is 2.13 bits per heavy atom. The lowest BCUT2D eigenvalue weighted by atomic mass is 10.3. The van der Waals surface area contributed by atoms with Gasteiger partial charge in [0.2, 0.25) is 11.1 Å². The molecule has 2 aromatic rings. The standard InChI is InChI=1S/C14H17N5O3S/c1-21-12-5-3-2-4-11(12)19-14(15-16-17-19)23-10-13(20)18-6-8-22-9-7-18/h2-5H,6-10H2,1H3. The van der Waals surface area contributed by atoms with E-state index in [0.29, 0.717) is 37.2 Å². The van der Waals surface area contributed by atoms with Gasteiger partial charge in [0.25, 0.3) is 0 Å². The smallest absolute Gasteiger partial charge is 0.233 e. The number of amides is 1. The van der Waals surface area contributed by atoms with E-state index in [1.165, 1.54) is 11.8 Å². The van der Waals surface area contributed by atoms with Gasteiger partial charge in [-0.25, -0.2) is 0 Å². The van der Waals surface area contributed by atoms with E-state index in [1.54, 1.807) is 16.7 Å². The van der Waals surface area contributed by atoms with Crippen LogP contribution in [0.1, 0.15) is 0 Å². The van der Waals surface area contributed by atoms with Crippen LogP contribution in [0.5, 0.6) is 5.75 Å². The summed E-state index contributed by atoms with van der Waals surface area (Å²) in [6.07, 6.45) is 0. The van der Waals surface area contributed by atoms with Crippen molar-refractivity contribution in [2.45, 2.75) is 5.16 Å². The summed E-state index contributed by atoms with van der Waals surface area (Å²) in [6, 6.07) is 7.46. The van der Waals surface area contributed by atoms with E-state index in [-0.39, 0.29) is 11.7 Å². The molecular formula is C14H17N5O3S. The molecule has 3 rings (SSSR count). The summed E-state index contributed by atoms with van der Waals surface area (Å²) in [4.78, 5) is 14.0. The van der Waals surface area contributed by atoms with Gasteiger partial charge in [-0.2, -0.15) is 4.68 Å². The first-order chi connectivity index (χ1) is 11.3. The molecule has 2 heterocycles. The predicted molar refractivity (Wildman–Crippen MR) is 83.8 cm³/mol. The van der Waals surface area contributed by atoms with Crippen LogP contribution in [0.25, 0.3) is 5.69 Å². The van der Waals surface area contributed by atoms with Gasteiger partial charge in [-0.05, 0) is 22.6 Å². The van der Waals surface area contributed by atoms with Gasteiger partial charge in [-0.1, -0.05) is 23.9 Å². The number of morpholine rings is 1. The average Bonchev–Trinajstić information content (AvgIpc) is 3.08. The second-order valence-corrected chi connectivity index (χ2v) is 5.77. The Morgan fingerprint density at radius 1 is 1.35 bits per heavy atom. The van der Waals surface area contributed by atoms with E-state index in [9.17, 15) is 4.79 Å². The zero-order chi connectivity index (χ0) is 16.1. The summed E-state index contributed by atoms with van der Waals surface area (Å²) in [5, 5.41) is 12.3. The van der Waals surface area contributed by atoms with Crippen LogP contribution in [-0.2, 0) is 9.53 Å². The summed E-state index contributed by atoms with van der Waals surface area (Å²) < 4.78 is 12.2. The van der Waals surface area contributed by atoms with Gasteiger partial charge in [0, 0.05) is 13.1 Å². The van der Waals surface area contributed by atoms with Gasteiger partial charge in [0.1, 0.15) is 11.4 Å². The number of hydrogen-bond donors (Lipinski definition) is 0. The molecule has 0 radical (unpaired) electrons. The van der Waals surface area contributed by atoms with Crippen molar-refractivity contribution in [3.8, 4) is 11.4 Å². The lowest BCUT2D eigenvalue weighted by Crippen LogP contribution is -2.41. The zero-order valence-electron chi connectivity index (χ0n) is 12.7. The maximum atomic E-state index is 12.2. The van der Waals surface area contributed by atoms with Gasteiger partial charge >= 0.3 is 0 Å². The number of ether oxygens (including phenoxy) is 2. The van der Waals surface area contributed by atoms with Crippen LogP contribution in [0.3, 0.4) is 0 Å². The van der Waals surface area contributed by atoms with E-state index in [4.69, 9.17) is 9.47 Å². The van der Waals surface area contributed by atoms with E-state index in [0.717, 1.165) is 5.69 Å². The molecule has 0 saturated carbocycles. The fraction of sp³-hybridized carbons (Fsp3) is 0.429. The highest BCUT2D eigenvalue weighted by molar-refractivity contribution is 7.99. The minimum Gasteiger partial charge on any atom is -0.494 e. The monoisotopic (exact) mass is 335 g/mol. The summed E-state index contributed by atoms with van der Waals surface area (Å²) in [5.74, 6) is 1.02. The summed E-state index contributed by atoms with van der Waals surface area (Å²) in [6.45, 7) is 2.46. The molecule has 1 aromatic carbocycles. The summed E-state index contributed by atoms with van der Waals surface area (Å²) in [7, 11) is 1.60. The quantitative estimate of drug-likeness (QED) is 0.741. The number of nitrogens with zero attached hydrogens (tertiary/aromatic N) is 5. The lowest BCUT2D eigenvalue weighted by Gasteiger charge is -2.26. The predicted octanol–water partition coefficient (Wildman–Crippen LogP) is 0.622. The molecule has 0 unspecified atom stereocenters. The first kappa shape index (κ1) is 15.8. The fourth-order valence-electron chi connectivity index (χ4n) is 2.26. The van der Waals surface area contributed by atoms with Crippen molar-refractivity contribution in [2.75, 3.05) is 39.2 Å². The largest absolute Gasteiger partial charge is 0.494 e. The van der Waals surface area contributed by atoms with Crippen LogP contribution in [-0.4, -0.2) is 70.2 Å². The number of benzene rings is 1. The second-order valence-electron chi connectivity index (χ2n) is 4.83. The highest BCUT2D eigenvalue weighted by Gasteiger charge is 2.19. The third-order valence-corrected chi connectivity index (χ3v) is 4.35. The van der Waals surface area contributed by atoms with Crippen molar-refractivity contribution in [3.63, 3.8) is 0 Å². The second kappa shape index (κ2) is 7.42. The molecule has 0 bridgehead atoms.